The van der Waals surface area contributed by atoms with E-state index in [1.165, 1.54) is 4.31 Å². The fourth-order valence-electron chi connectivity index (χ4n) is 5.07. The number of rotatable bonds is 3. The maximum absolute atomic E-state index is 12.6. The molecule has 3 fully saturated rings. The molecule has 0 aromatic heterocycles. The predicted octanol–water partition coefficient (Wildman–Crippen LogP) is 2.57. The molecule has 1 heterocycles. The zero-order valence-electron chi connectivity index (χ0n) is 13.1. The van der Waals surface area contributed by atoms with Crippen LogP contribution in [0.2, 0.25) is 0 Å². The SMILES string of the molecule is C=C[C@@H](C)CC(=O)N1C2CC3CCC2(CS1(=O)=O)C3(C)C. The van der Waals surface area contributed by atoms with Crippen molar-refractivity contribution in [2.75, 3.05) is 5.75 Å². The largest absolute Gasteiger partial charge is 0.274 e. The van der Waals surface area contributed by atoms with E-state index in [0.717, 1.165) is 19.3 Å². The summed E-state index contributed by atoms with van der Waals surface area (Å²) in [5, 5.41) is 0. The van der Waals surface area contributed by atoms with E-state index < -0.39 is 10.0 Å². The zero-order valence-corrected chi connectivity index (χ0v) is 13.9. The molecule has 1 saturated heterocycles. The zero-order chi connectivity index (χ0) is 15.6. The second kappa shape index (κ2) is 4.34. The molecule has 0 N–H and O–H groups in total. The van der Waals surface area contributed by atoms with Crippen molar-refractivity contribution in [2.24, 2.45) is 22.7 Å². The number of nitrogens with zero attached hydrogens (tertiary/aromatic N) is 1. The number of carbonyl (C=O) groups excluding carboxylic acids is 1. The summed E-state index contributed by atoms with van der Waals surface area (Å²) in [6, 6.07) is -0.110. The van der Waals surface area contributed by atoms with E-state index in [1.807, 2.05) is 6.92 Å². The van der Waals surface area contributed by atoms with Gasteiger partial charge in [0.25, 0.3) is 0 Å². The van der Waals surface area contributed by atoms with Crippen LogP contribution in [0.15, 0.2) is 12.7 Å². The average Bonchev–Trinajstić information content (AvgIpc) is 2.84. The van der Waals surface area contributed by atoms with Crippen molar-refractivity contribution in [2.45, 2.75) is 52.5 Å². The van der Waals surface area contributed by atoms with Gasteiger partial charge in [-0.1, -0.05) is 26.8 Å². The Morgan fingerprint density at radius 2 is 2.14 bits per heavy atom. The van der Waals surface area contributed by atoms with Crippen LogP contribution in [0.4, 0.5) is 0 Å². The average molecular weight is 311 g/mol. The first kappa shape index (κ1) is 15.1. The summed E-state index contributed by atoms with van der Waals surface area (Å²) in [7, 11) is -3.46. The molecule has 4 atom stereocenters. The van der Waals surface area contributed by atoms with Crippen LogP contribution in [0.1, 0.15) is 46.5 Å². The lowest BCUT2D eigenvalue weighted by atomic mass is 9.69. The van der Waals surface area contributed by atoms with Gasteiger partial charge in [-0.05, 0) is 36.5 Å². The van der Waals surface area contributed by atoms with Crippen LogP contribution in [0.5, 0.6) is 0 Å². The summed E-state index contributed by atoms with van der Waals surface area (Å²) in [5.74, 6) is 0.469. The van der Waals surface area contributed by atoms with E-state index in [9.17, 15) is 13.2 Å². The predicted molar refractivity (Wildman–Crippen MR) is 82.0 cm³/mol. The van der Waals surface area contributed by atoms with Gasteiger partial charge in [0.05, 0.1) is 11.8 Å². The number of fused-ring (bicyclic) bond motifs is 1. The van der Waals surface area contributed by atoms with E-state index >= 15 is 0 Å². The van der Waals surface area contributed by atoms with Gasteiger partial charge in [-0.2, -0.15) is 0 Å². The number of amides is 1. The van der Waals surface area contributed by atoms with Gasteiger partial charge in [0, 0.05) is 11.8 Å². The van der Waals surface area contributed by atoms with Crippen molar-refractivity contribution in [1.29, 1.82) is 0 Å². The number of allylic oxidation sites excluding steroid dienone is 1. The van der Waals surface area contributed by atoms with Crippen LogP contribution in [0.3, 0.4) is 0 Å². The Morgan fingerprint density at radius 1 is 1.48 bits per heavy atom. The van der Waals surface area contributed by atoms with Gasteiger partial charge < -0.3 is 0 Å². The van der Waals surface area contributed by atoms with Gasteiger partial charge in [-0.25, -0.2) is 12.7 Å². The minimum Gasteiger partial charge on any atom is -0.274 e. The quantitative estimate of drug-likeness (QED) is 0.753. The molecule has 1 amide bonds. The Morgan fingerprint density at radius 3 is 2.71 bits per heavy atom. The molecule has 5 heteroatoms. The van der Waals surface area contributed by atoms with Crippen molar-refractivity contribution in [3.8, 4) is 0 Å². The smallest absolute Gasteiger partial charge is 0.238 e. The molecule has 2 bridgehead atoms. The molecular formula is C16H25NO3S. The molecule has 3 rings (SSSR count). The standard InChI is InChI=1S/C16H25NO3S/c1-5-11(2)8-14(18)17-13-9-12-6-7-16(13,15(12,3)4)10-21(17,19)20/h5,11-13H,1,6-10H2,2-4H3/t11-,12?,13?,16?/m1/s1. The molecule has 0 aromatic rings. The third-order valence-corrected chi connectivity index (χ3v) is 8.49. The number of hydrogen-bond acceptors (Lipinski definition) is 3. The summed E-state index contributed by atoms with van der Waals surface area (Å²) in [6.07, 6.45) is 4.83. The first-order valence-electron chi connectivity index (χ1n) is 7.83. The monoisotopic (exact) mass is 311 g/mol. The molecule has 3 unspecified atom stereocenters. The highest BCUT2D eigenvalue weighted by Gasteiger charge is 2.72. The Kier molecular flexibility index (Phi) is 3.11. The van der Waals surface area contributed by atoms with Crippen LogP contribution >= 0.6 is 0 Å². The van der Waals surface area contributed by atoms with Crippen molar-refractivity contribution in [3.63, 3.8) is 0 Å². The lowest BCUT2D eigenvalue weighted by molar-refractivity contribution is -0.129. The van der Waals surface area contributed by atoms with Gasteiger partial charge in [0.2, 0.25) is 15.9 Å². The molecule has 21 heavy (non-hydrogen) atoms. The molecule has 4 nitrogen and oxygen atoms in total. The Hall–Kier alpha value is -0.840. The molecule has 2 aliphatic carbocycles. The topological polar surface area (TPSA) is 54.5 Å². The highest BCUT2D eigenvalue weighted by atomic mass is 32.2. The van der Waals surface area contributed by atoms with E-state index in [4.69, 9.17) is 0 Å². The van der Waals surface area contributed by atoms with Crippen LogP contribution in [0, 0.1) is 22.7 Å². The molecule has 118 valence electrons. The molecule has 3 aliphatic rings. The van der Waals surface area contributed by atoms with E-state index in [2.05, 4.69) is 20.4 Å². The Bertz CT molecular complexity index is 595. The molecule has 0 aromatic carbocycles. The van der Waals surface area contributed by atoms with Crippen LogP contribution in [-0.4, -0.2) is 30.4 Å². The molecule has 0 radical (unpaired) electrons. The minimum absolute atomic E-state index is 0.0100. The minimum atomic E-state index is -3.46. The number of sulfonamides is 1. The molecular weight excluding hydrogens is 286 g/mol. The molecule has 2 saturated carbocycles. The van der Waals surface area contributed by atoms with Gasteiger partial charge in [0.15, 0.2) is 0 Å². The van der Waals surface area contributed by atoms with E-state index in [-0.39, 0.29) is 40.9 Å². The molecule has 1 spiro atoms. The maximum atomic E-state index is 12.6. The van der Waals surface area contributed by atoms with Crippen molar-refractivity contribution in [3.05, 3.63) is 12.7 Å². The second-order valence-electron chi connectivity index (χ2n) is 7.73. The summed E-state index contributed by atoms with van der Waals surface area (Å²) >= 11 is 0. The maximum Gasteiger partial charge on any atom is 0.238 e. The first-order chi connectivity index (χ1) is 9.65. The normalized spacial score (nSPS) is 40.0. The summed E-state index contributed by atoms with van der Waals surface area (Å²) in [5.41, 5.74) is -0.201. The third-order valence-electron chi connectivity index (χ3n) is 6.56. The highest BCUT2D eigenvalue weighted by Crippen LogP contribution is 2.70. The van der Waals surface area contributed by atoms with Gasteiger partial charge in [0.1, 0.15) is 0 Å². The fraction of sp³-hybridized carbons (Fsp3) is 0.812. The van der Waals surface area contributed by atoms with Crippen LogP contribution in [0.25, 0.3) is 0 Å². The van der Waals surface area contributed by atoms with Crippen LogP contribution in [-0.2, 0) is 14.8 Å². The van der Waals surface area contributed by atoms with Gasteiger partial charge in [-0.15, -0.1) is 6.58 Å². The summed E-state index contributed by atoms with van der Waals surface area (Å²) in [6.45, 7) is 9.97. The third kappa shape index (κ3) is 1.79. The Balaban J connectivity index is 1.97. The molecule has 1 aliphatic heterocycles. The van der Waals surface area contributed by atoms with Crippen LogP contribution < -0.4 is 0 Å². The van der Waals surface area contributed by atoms with Crippen molar-refractivity contribution >= 4 is 15.9 Å². The first-order valence-corrected chi connectivity index (χ1v) is 9.44. The van der Waals surface area contributed by atoms with Gasteiger partial charge >= 0.3 is 0 Å². The lowest BCUT2D eigenvalue weighted by Crippen LogP contribution is -2.44. The van der Waals surface area contributed by atoms with E-state index in [0.29, 0.717) is 5.92 Å². The lowest BCUT2D eigenvalue weighted by Gasteiger charge is -2.37. The second-order valence-corrected chi connectivity index (χ2v) is 9.57. The van der Waals surface area contributed by atoms with E-state index in [1.54, 1.807) is 6.08 Å². The number of hydrogen-bond donors (Lipinski definition) is 0. The van der Waals surface area contributed by atoms with Crippen molar-refractivity contribution in [1.82, 2.24) is 4.31 Å². The Labute approximate surface area is 127 Å². The number of carbonyl (C=O) groups is 1. The summed E-state index contributed by atoms with van der Waals surface area (Å²) in [4.78, 5) is 12.6. The fourth-order valence-corrected chi connectivity index (χ4v) is 7.63. The van der Waals surface area contributed by atoms with Gasteiger partial charge in [-0.3, -0.25) is 4.79 Å². The van der Waals surface area contributed by atoms with Crippen molar-refractivity contribution < 1.29 is 13.2 Å². The highest BCUT2D eigenvalue weighted by molar-refractivity contribution is 7.90. The summed E-state index contributed by atoms with van der Waals surface area (Å²) < 4.78 is 26.5.